The standard InChI is InChI=1S/C16H24N4O3S/c1-19-8-5-12-13(10-19)24-16(17-12)18-14(22)15(23)20-7-3-2-4-11(20)6-9-21/h11,21H,2-10H2,1H3,(H,17,18,22). The van der Waals surface area contributed by atoms with Crippen molar-refractivity contribution in [2.45, 2.75) is 44.7 Å². The minimum atomic E-state index is -0.626. The number of amides is 2. The van der Waals surface area contributed by atoms with Crippen molar-refractivity contribution < 1.29 is 14.7 Å². The quantitative estimate of drug-likeness (QED) is 0.787. The van der Waals surface area contributed by atoms with Gasteiger partial charge >= 0.3 is 11.8 Å². The molecule has 0 radical (unpaired) electrons. The van der Waals surface area contributed by atoms with E-state index in [2.05, 4.69) is 22.2 Å². The molecule has 2 aliphatic heterocycles. The maximum absolute atomic E-state index is 12.5. The minimum Gasteiger partial charge on any atom is -0.396 e. The normalized spacial score (nSPS) is 21.4. The summed E-state index contributed by atoms with van der Waals surface area (Å²) in [6.07, 6.45) is 4.17. The van der Waals surface area contributed by atoms with Crippen LogP contribution in [0.5, 0.6) is 0 Å². The number of anilines is 1. The molecule has 2 amide bonds. The molecule has 0 aliphatic carbocycles. The van der Waals surface area contributed by atoms with Crippen molar-refractivity contribution >= 4 is 28.3 Å². The van der Waals surface area contributed by atoms with Gasteiger partial charge in [-0.2, -0.15) is 0 Å². The summed E-state index contributed by atoms with van der Waals surface area (Å²) in [5, 5.41) is 12.3. The topological polar surface area (TPSA) is 85.8 Å². The molecule has 1 aromatic heterocycles. The summed E-state index contributed by atoms with van der Waals surface area (Å²) in [5.41, 5.74) is 1.02. The first kappa shape index (κ1) is 17.3. The molecule has 1 aromatic rings. The van der Waals surface area contributed by atoms with E-state index in [1.807, 2.05) is 0 Å². The minimum absolute atomic E-state index is 0.0305. The molecule has 1 unspecified atom stereocenters. The Morgan fingerprint density at radius 2 is 2.21 bits per heavy atom. The van der Waals surface area contributed by atoms with Crippen molar-refractivity contribution in [1.29, 1.82) is 0 Å². The molecule has 1 fully saturated rings. The molecular formula is C16H24N4O3S. The van der Waals surface area contributed by atoms with Gasteiger partial charge in [-0.1, -0.05) is 0 Å². The van der Waals surface area contributed by atoms with E-state index in [0.717, 1.165) is 49.3 Å². The lowest BCUT2D eigenvalue weighted by Crippen LogP contribution is -2.48. The lowest BCUT2D eigenvalue weighted by Gasteiger charge is -2.34. The third-order valence-corrected chi connectivity index (χ3v) is 5.68. The predicted molar refractivity (Wildman–Crippen MR) is 91.8 cm³/mol. The highest BCUT2D eigenvalue weighted by Gasteiger charge is 2.31. The molecule has 24 heavy (non-hydrogen) atoms. The molecule has 8 heteroatoms. The summed E-state index contributed by atoms with van der Waals surface area (Å²) in [7, 11) is 2.06. The molecule has 0 saturated carbocycles. The van der Waals surface area contributed by atoms with Gasteiger partial charge in [0, 0.05) is 43.6 Å². The number of hydrogen-bond donors (Lipinski definition) is 2. The van der Waals surface area contributed by atoms with E-state index in [-0.39, 0.29) is 12.6 Å². The fourth-order valence-electron chi connectivity index (χ4n) is 3.37. The van der Waals surface area contributed by atoms with Crippen molar-refractivity contribution in [3.05, 3.63) is 10.6 Å². The number of aliphatic hydroxyl groups excluding tert-OH is 1. The predicted octanol–water partition coefficient (Wildman–Crippen LogP) is 0.833. The van der Waals surface area contributed by atoms with Crippen LogP contribution in [-0.4, -0.2) is 64.5 Å². The fraction of sp³-hybridized carbons (Fsp3) is 0.688. The number of likely N-dealkylation sites (N-methyl/N-ethyl adjacent to an activating group) is 1. The molecule has 0 aromatic carbocycles. The van der Waals surface area contributed by atoms with Crippen molar-refractivity contribution in [3.63, 3.8) is 0 Å². The van der Waals surface area contributed by atoms with Crippen LogP contribution in [0.2, 0.25) is 0 Å². The van der Waals surface area contributed by atoms with Gasteiger partial charge in [-0.15, -0.1) is 11.3 Å². The monoisotopic (exact) mass is 352 g/mol. The largest absolute Gasteiger partial charge is 0.396 e. The van der Waals surface area contributed by atoms with E-state index < -0.39 is 11.8 Å². The Bertz CT molecular complexity index is 616. The number of likely N-dealkylation sites (tertiary alicyclic amines) is 1. The molecule has 132 valence electrons. The Balaban J connectivity index is 1.64. The Hall–Kier alpha value is -1.51. The average molecular weight is 352 g/mol. The van der Waals surface area contributed by atoms with Crippen LogP contribution in [0, 0.1) is 0 Å². The third kappa shape index (κ3) is 3.76. The van der Waals surface area contributed by atoms with Crippen LogP contribution < -0.4 is 5.32 Å². The van der Waals surface area contributed by atoms with Gasteiger partial charge in [-0.05, 0) is 32.7 Å². The zero-order chi connectivity index (χ0) is 17.1. The molecule has 2 aliphatic rings. The Kier molecular flexibility index (Phi) is 5.47. The molecule has 2 N–H and O–H groups in total. The van der Waals surface area contributed by atoms with Crippen LogP contribution in [0.1, 0.15) is 36.3 Å². The first-order valence-corrected chi connectivity index (χ1v) is 9.30. The number of piperidine rings is 1. The van der Waals surface area contributed by atoms with Crippen LogP contribution in [-0.2, 0) is 22.6 Å². The van der Waals surface area contributed by atoms with Crippen molar-refractivity contribution in [2.24, 2.45) is 0 Å². The number of thiazole rings is 1. The second-order valence-electron chi connectivity index (χ2n) is 6.49. The number of aromatic nitrogens is 1. The highest BCUT2D eigenvalue weighted by Crippen LogP contribution is 2.28. The second kappa shape index (κ2) is 7.58. The molecular weight excluding hydrogens is 328 g/mol. The van der Waals surface area contributed by atoms with E-state index in [0.29, 0.717) is 18.1 Å². The Morgan fingerprint density at radius 1 is 1.38 bits per heavy atom. The number of hydrogen-bond acceptors (Lipinski definition) is 6. The molecule has 3 heterocycles. The zero-order valence-corrected chi connectivity index (χ0v) is 14.8. The summed E-state index contributed by atoms with van der Waals surface area (Å²) in [5.74, 6) is -1.14. The molecule has 0 spiro atoms. The third-order valence-electron chi connectivity index (χ3n) is 4.69. The summed E-state index contributed by atoms with van der Waals surface area (Å²) < 4.78 is 0. The number of carbonyl (C=O) groups is 2. The number of fused-ring (bicyclic) bond motifs is 1. The summed E-state index contributed by atoms with van der Waals surface area (Å²) in [6.45, 7) is 2.40. The van der Waals surface area contributed by atoms with Gasteiger partial charge in [0.05, 0.1) is 5.69 Å². The van der Waals surface area contributed by atoms with Gasteiger partial charge in [0.15, 0.2) is 5.13 Å². The van der Waals surface area contributed by atoms with E-state index in [4.69, 9.17) is 5.11 Å². The van der Waals surface area contributed by atoms with Crippen LogP contribution in [0.4, 0.5) is 5.13 Å². The smallest absolute Gasteiger partial charge is 0.315 e. The maximum atomic E-state index is 12.5. The first-order chi connectivity index (χ1) is 11.6. The van der Waals surface area contributed by atoms with E-state index in [1.54, 1.807) is 4.90 Å². The maximum Gasteiger partial charge on any atom is 0.315 e. The molecule has 1 saturated heterocycles. The summed E-state index contributed by atoms with van der Waals surface area (Å²) in [6, 6.07) is -0.0415. The van der Waals surface area contributed by atoms with Crippen molar-refractivity contribution in [1.82, 2.24) is 14.8 Å². The molecule has 0 bridgehead atoms. The van der Waals surface area contributed by atoms with Crippen LogP contribution in [0.25, 0.3) is 0 Å². The van der Waals surface area contributed by atoms with Crippen LogP contribution in [0.3, 0.4) is 0 Å². The summed E-state index contributed by atoms with van der Waals surface area (Å²) >= 11 is 1.45. The summed E-state index contributed by atoms with van der Waals surface area (Å²) in [4.78, 5) is 34.2. The second-order valence-corrected chi connectivity index (χ2v) is 7.57. The van der Waals surface area contributed by atoms with Gasteiger partial charge in [0.2, 0.25) is 0 Å². The first-order valence-electron chi connectivity index (χ1n) is 8.48. The fourth-order valence-corrected chi connectivity index (χ4v) is 4.46. The SMILES string of the molecule is CN1CCc2nc(NC(=O)C(=O)N3CCCCC3CCO)sc2C1. The van der Waals surface area contributed by atoms with Gasteiger partial charge in [-0.3, -0.25) is 14.9 Å². The van der Waals surface area contributed by atoms with Gasteiger partial charge < -0.3 is 14.9 Å². The molecule has 7 nitrogen and oxygen atoms in total. The van der Waals surface area contributed by atoms with Crippen molar-refractivity contribution in [3.8, 4) is 0 Å². The van der Waals surface area contributed by atoms with Crippen LogP contribution in [0.15, 0.2) is 0 Å². The average Bonchev–Trinajstić information content (AvgIpc) is 2.96. The Labute approximate surface area is 145 Å². The van der Waals surface area contributed by atoms with E-state index >= 15 is 0 Å². The molecule has 1 atom stereocenters. The highest BCUT2D eigenvalue weighted by atomic mass is 32.1. The van der Waals surface area contributed by atoms with Gasteiger partial charge in [-0.25, -0.2) is 4.98 Å². The van der Waals surface area contributed by atoms with E-state index in [9.17, 15) is 9.59 Å². The zero-order valence-electron chi connectivity index (χ0n) is 14.0. The van der Waals surface area contributed by atoms with E-state index in [1.165, 1.54) is 11.3 Å². The van der Waals surface area contributed by atoms with Crippen molar-refractivity contribution in [2.75, 3.05) is 32.1 Å². The number of nitrogens with one attached hydrogen (secondary N) is 1. The lowest BCUT2D eigenvalue weighted by molar-refractivity contribution is -0.146. The Morgan fingerprint density at radius 3 is 3.00 bits per heavy atom. The number of aliphatic hydroxyl groups is 1. The number of rotatable bonds is 3. The van der Waals surface area contributed by atoms with Crippen LogP contribution >= 0.6 is 11.3 Å². The molecule has 3 rings (SSSR count). The lowest BCUT2D eigenvalue weighted by atomic mass is 9.99. The number of nitrogens with zero attached hydrogens (tertiary/aromatic N) is 3. The number of carbonyl (C=O) groups excluding carboxylic acids is 2. The van der Waals surface area contributed by atoms with Gasteiger partial charge in [0.1, 0.15) is 0 Å². The highest BCUT2D eigenvalue weighted by molar-refractivity contribution is 7.16. The van der Waals surface area contributed by atoms with Gasteiger partial charge in [0.25, 0.3) is 0 Å².